The highest BCUT2D eigenvalue weighted by Crippen LogP contribution is 2.26. The number of nitrogens with zero attached hydrogens (tertiary/aromatic N) is 1. The summed E-state index contributed by atoms with van der Waals surface area (Å²) in [6.07, 6.45) is 0.648. The number of carbonyl (C=O) groups is 1. The predicted molar refractivity (Wildman–Crippen MR) is 116 cm³/mol. The summed E-state index contributed by atoms with van der Waals surface area (Å²) in [4.78, 5) is 15.8. The molecule has 0 fully saturated rings. The van der Waals surface area contributed by atoms with Crippen LogP contribution in [0.4, 0.5) is 0 Å². The third kappa shape index (κ3) is 4.20. The van der Waals surface area contributed by atoms with E-state index in [9.17, 15) is 9.90 Å². The van der Waals surface area contributed by atoms with Gasteiger partial charge in [-0.15, -0.1) is 0 Å². The van der Waals surface area contributed by atoms with Crippen molar-refractivity contribution in [2.24, 2.45) is 0 Å². The zero-order valence-electron chi connectivity index (χ0n) is 17.0. The lowest BCUT2D eigenvalue weighted by atomic mass is 9.98. The summed E-state index contributed by atoms with van der Waals surface area (Å²) in [7, 11) is 0. The lowest BCUT2D eigenvalue weighted by molar-refractivity contribution is -0.138. The van der Waals surface area contributed by atoms with Crippen molar-refractivity contribution in [1.82, 2.24) is 4.98 Å². The molecule has 0 unspecified atom stereocenters. The van der Waals surface area contributed by atoms with Gasteiger partial charge in [-0.05, 0) is 54.4 Å². The third-order valence-electron chi connectivity index (χ3n) is 5.23. The molecule has 152 valence electrons. The molecule has 0 aliphatic rings. The lowest BCUT2D eigenvalue weighted by Gasteiger charge is -2.10. The number of hydrogen-bond acceptors (Lipinski definition) is 4. The van der Waals surface area contributed by atoms with Crippen LogP contribution in [0.5, 0.6) is 5.75 Å². The molecular formula is C25H23NO4. The molecule has 0 spiro atoms. The molecule has 1 N–H and O–H groups in total. The Balaban J connectivity index is 1.42. The van der Waals surface area contributed by atoms with Gasteiger partial charge in [0, 0.05) is 12.0 Å². The molecule has 30 heavy (non-hydrogen) atoms. The molecule has 0 amide bonds. The van der Waals surface area contributed by atoms with Crippen LogP contribution in [0.2, 0.25) is 0 Å². The maximum Gasteiger partial charge on any atom is 0.310 e. The number of ether oxygens (including phenoxy) is 1. The molecule has 1 aromatic heterocycles. The molecule has 5 nitrogen and oxygen atoms in total. The zero-order chi connectivity index (χ0) is 21.1. The molecule has 0 aliphatic carbocycles. The Bertz CT molecular complexity index is 1180. The number of benzene rings is 3. The van der Waals surface area contributed by atoms with Crippen LogP contribution in [0.1, 0.15) is 29.9 Å². The fourth-order valence-corrected chi connectivity index (χ4v) is 3.37. The normalized spacial score (nSPS) is 12.1. The Hall–Kier alpha value is -3.60. The molecule has 0 aliphatic heterocycles. The maximum atomic E-state index is 11.2. The van der Waals surface area contributed by atoms with Gasteiger partial charge in [0.2, 0.25) is 5.89 Å². The van der Waals surface area contributed by atoms with Crippen molar-refractivity contribution in [3.63, 3.8) is 0 Å². The Morgan fingerprint density at radius 1 is 1.07 bits per heavy atom. The van der Waals surface area contributed by atoms with Gasteiger partial charge < -0.3 is 14.3 Å². The predicted octanol–water partition coefficient (Wildman–Crippen LogP) is 5.61. The average molecular weight is 401 g/mol. The second-order valence-electron chi connectivity index (χ2n) is 7.31. The summed E-state index contributed by atoms with van der Waals surface area (Å²) < 4.78 is 11.7. The van der Waals surface area contributed by atoms with E-state index in [1.54, 1.807) is 6.92 Å². The molecule has 5 heteroatoms. The number of fused-ring (bicyclic) bond motifs is 1. The van der Waals surface area contributed by atoms with Crippen LogP contribution in [-0.2, 0) is 11.2 Å². The highest BCUT2D eigenvalue weighted by atomic mass is 16.5. The van der Waals surface area contributed by atoms with Crippen LogP contribution < -0.4 is 4.74 Å². The average Bonchev–Trinajstić information content (AvgIpc) is 3.14. The van der Waals surface area contributed by atoms with E-state index >= 15 is 0 Å². The monoisotopic (exact) mass is 401 g/mol. The van der Waals surface area contributed by atoms with E-state index in [1.165, 1.54) is 0 Å². The molecule has 0 bridgehead atoms. The van der Waals surface area contributed by atoms with E-state index < -0.39 is 11.9 Å². The summed E-state index contributed by atoms with van der Waals surface area (Å²) in [6, 6.07) is 21.4. The van der Waals surface area contributed by atoms with Crippen molar-refractivity contribution in [2.75, 3.05) is 6.61 Å². The quantitative estimate of drug-likeness (QED) is 0.436. The smallest absolute Gasteiger partial charge is 0.310 e. The van der Waals surface area contributed by atoms with E-state index in [1.807, 2.05) is 73.7 Å². The van der Waals surface area contributed by atoms with Crippen LogP contribution in [0, 0.1) is 6.92 Å². The summed E-state index contributed by atoms with van der Waals surface area (Å²) >= 11 is 0. The first kappa shape index (κ1) is 19.7. The largest absolute Gasteiger partial charge is 0.493 e. The van der Waals surface area contributed by atoms with Crippen molar-refractivity contribution in [3.8, 4) is 17.2 Å². The second-order valence-corrected chi connectivity index (χ2v) is 7.31. The highest BCUT2D eigenvalue weighted by molar-refractivity contribution is 5.86. The summed E-state index contributed by atoms with van der Waals surface area (Å²) in [5.74, 6) is 0.840. The number of hydrogen-bond donors (Lipinski definition) is 1. The van der Waals surface area contributed by atoms with Gasteiger partial charge in [-0.25, -0.2) is 4.98 Å². The van der Waals surface area contributed by atoms with Crippen molar-refractivity contribution >= 4 is 16.7 Å². The summed E-state index contributed by atoms with van der Waals surface area (Å²) in [6.45, 7) is 4.10. The SMILES string of the molecule is Cc1oc(-c2ccccc2)nc1CCOc1ccc2cc([C@H](C)C(=O)O)ccc2c1. The summed E-state index contributed by atoms with van der Waals surface area (Å²) in [5.41, 5.74) is 2.64. The van der Waals surface area contributed by atoms with Crippen LogP contribution in [-0.4, -0.2) is 22.7 Å². The van der Waals surface area contributed by atoms with Crippen LogP contribution in [0.25, 0.3) is 22.2 Å². The molecule has 1 atom stereocenters. The Morgan fingerprint density at radius 3 is 2.57 bits per heavy atom. The first-order valence-electron chi connectivity index (χ1n) is 9.92. The molecule has 4 aromatic rings. The Kier molecular flexibility index (Phi) is 5.53. The van der Waals surface area contributed by atoms with E-state index in [0.29, 0.717) is 18.9 Å². The number of carboxylic acid groups (broad SMARTS) is 1. The maximum absolute atomic E-state index is 11.2. The Labute approximate surface area is 175 Å². The lowest BCUT2D eigenvalue weighted by Crippen LogP contribution is -2.07. The van der Waals surface area contributed by atoms with Gasteiger partial charge in [0.15, 0.2) is 0 Å². The molecule has 0 saturated heterocycles. The number of oxazole rings is 1. The minimum atomic E-state index is -0.826. The zero-order valence-corrected chi connectivity index (χ0v) is 17.0. The topological polar surface area (TPSA) is 72.6 Å². The fourth-order valence-electron chi connectivity index (χ4n) is 3.37. The molecule has 1 heterocycles. The molecule has 0 saturated carbocycles. The van der Waals surface area contributed by atoms with Gasteiger partial charge in [-0.3, -0.25) is 4.79 Å². The van der Waals surface area contributed by atoms with Crippen LogP contribution in [0.3, 0.4) is 0 Å². The molecule has 3 aromatic carbocycles. The van der Waals surface area contributed by atoms with E-state index in [2.05, 4.69) is 4.98 Å². The number of carboxylic acids is 1. The van der Waals surface area contributed by atoms with Crippen molar-refractivity contribution in [1.29, 1.82) is 0 Å². The second kappa shape index (κ2) is 8.41. The van der Waals surface area contributed by atoms with Crippen LogP contribution >= 0.6 is 0 Å². The van der Waals surface area contributed by atoms with E-state index in [4.69, 9.17) is 9.15 Å². The van der Waals surface area contributed by atoms with E-state index in [0.717, 1.165) is 39.1 Å². The molecule has 0 radical (unpaired) electrons. The highest BCUT2D eigenvalue weighted by Gasteiger charge is 2.14. The van der Waals surface area contributed by atoms with Crippen molar-refractivity contribution in [2.45, 2.75) is 26.2 Å². The van der Waals surface area contributed by atoms with Crippen molar-refractivity contribution in [3.05, 3.63) is 83.7 Å². The summed E-state index contributed by atoms with van der Waals surface area (Å²) in [5, 5.41) is 11.2. The van der Waals surface area contributed by atoms with Crippen molar-refractivity contribution < 1.29 is 19.1 Å². The van der Waals surface area contributed by atoms with Crippen LogP contribution in [0.15, 0.2) is 71.1 Å². The first-order chi connectivity index (χ1) is 14.5. The number of aryl methyl sites for hydroxylation is 1. The van der Waals surface area contributed by atoms with Gasteiger partial charge in [-0.1, -0.05) is 42.5 Å². The van der Waals surface area contributed by atoms with E-state index in [-0.39, 0.29) is 0 Å². The minimum absolute atomic E-state index is 0.487. The molecule has 4 rings (SSSR count). The van der Waals surface area contributed by atoms with Gasteiger partial charge >= 0.3 is 5.97 Å². The standard InChI is InChI=1S/C25H23NO4/c1-16(25(27)28)19-8-9-21-15-22(11-10-20(21)14-19)29-13-12-23-17(2)30-24(26-23)18-6-4-3-5-7-18/h3-11,14-16H,12-13H2,1-2H3,(H,27,28)/t16-/m0/s1. The fraction of sp³-hybridized carbons (Fsp3) is 0.200. The van der Waals surface area contributed by atoms with Gasteiger partial charge in [-0.2, -0.15) is 0 Å². The van der Waals surface area contributed by atoms with Gasteiger partial charge in [0.1, 0.15) is 11.5 Å². The number of rotatable bonds is 7. The van der Waals surface area contributed by atoms with Gasteiger partial charge in [0.05, 0.1) is 18.2 Å². The number of aromatic nitrogens is 1. The third-order valence-corrected chi connectivity index (χ3v) is 5.23. The first-order valence-corrected chi connectivity index (χ1v) is 9.92. The Morgan fingerprint density at radius 2 is 1.80 bits per heavy atom. The minimum Gasteiger partial charge on any atom is -0.493 e. The number of aliphatic carboxylic acids is 1. The molecular weight excluding hydrogens is 378 g/mol. The van der Waals surface area contributed by atoms with Gasteiger partial charge in [0.25, 0.3) is 0 Å².